The molecular formula is C30H31N11S. The molecule has 0 bridgehead atoms. The number of nitrogen functional groups attached to an aromatic ring is 1. The van der Waals surface area contributed by atoms with Gasteiger partial charge in [0.05, 0.1) is 37.7 Å². The minimum Gasteiger partial charge on any atom is -0.382 e. The molecule has 1 fully saturated rings. The van der Waals surface area contributed by atoms with Gasteiger partial charge in [-0.2, -0.15) is 0 Å². The van der Waals surface area contributed by atoms with E-state index in [1.54, 1.807) is 6.33 Å². The van der Waals surface area contributed by atoms with Crippen LogP contribution in [-0.4, -0.2) is 82.1 Å². The molecule has 0 amide bonds. The number of terminal acetylenes is 1. The zero-order chi connectivity index (χ0) is 28.9. The predicted molar refractivity (Wildman–Crippen MR) is 165 cm³/mol. The van der Waals surface area contributed by atoms with E-state index in [2.05, 4.69) is 94.8 Å². The molecule has 6 rings (SSSR count). The number of thiocarbonyl (C=S) groups is 1. The Balaban J connectivity index is 1.33. The lowest BCUT2D eigenvalue weighted by atomic mass is 9.91. The van der Waals surface area contributed by atoms with Gasteiger partial charge < -0.3 is 20.5 Å². The van der Waals surface area contributed by atoms with Gasteiger partial charge in [0.25, 0.3) is 0 Å². The van der Waals surface area contributed by atoms with Crippen molar-refractivity contribution in [3.05, 3.63) is 96.3 Å². The van der Waals surface area contributed by atoms with Crippen LogP contribution in [0.15, 0.2) is 79.5 Å². The summed E-state index contributed by atoms with van der Waals surface area (Å²) in [5.74, 6) is 2.95. The molecule has 1 saturated heterocycles. The van der Waals surface area contributed by atoms with Crippen LogP contribution in [-0.2, 0) is 6.54 Å². The molecule has 212 valence electrons. The van der Waals surface area contributed by atoms with Crippen LogP contribution in [0.1, 0.15) is 28.9 Å². The highest BCUT2D eigenvalue weighted by Gasteiger charge is 2.35. The molecule has 0 saturated carbocycles. The summed E-state index contributed by atoms with van der Waals surface area (Å²) in [6.07, 6.45) is 10.6. The van der Waals surface area contributed by atoms with Gasteiger partial charge in [0, 0.05) is 26.2 Å². The van der Waals surface area contributed by atoms with Crippen molar-refractivity contribution in [2.24, 2.45) is 0 Å². The second-order valence-electron chi connectivity index (χ2n) is 10.1. The number of nitrogens with zero attached hydrogens (tertiary/aromatic N) is 9. The minimum atomic E-state index is -0.134. The molecule has 1 aliphatic heterocycles. The number of nitrogens with one attached hydrogen (secondary N) is 1. The van der Waals surface area contributed by atoms with E-state index < -0.39 is 0 Å². The van der Waals surface area contributed by atoms with Crippen molar-refractivity contribution in [3.8, 4) is 12.3 Å². The zero-order valence-electron chi connectivity index (χ0n) is 23.0. The van der Waals surface area contributed by atoms with Gasteiger partial charge in [0.15, 0.2) is 16.6 Å². The van der Waals surface area contributed by atoms with Crippen LogP contribution < -0.4 is 11.1 Å². The first kappa shape index (κ1) is 27.3. The average molecular weight is 578 g/mol. The second-order valence-corrected chi connectivity index (χ2v) is 10.5. The number of nitrogens with two attached hydrogens (primary N) is 1. The summed E-state index contributed by atoms with van der Waals surface area (Å²) in [6, 6.07) is 20.9. The van der Waals surface area contributed by atoms with E-state index in [9.17, 15) is 0 Å². The molecule has 0 aliphatic carbocycles. The molecule has 1 aliphatic rings. The summed E-state index contributed by atoms with van der Waals surface area (Å²) in [5, 5.41) is 13.1. The highest BCUT2D eigenvalue weighted by molar-refractivity contribution is 7.80. The summed E-state index contributed by atoms with van der Waals surface area (Å²) in [6.45, 7) is 4.11. The maximum Gasteiger partial charge on any atom is 0.169 e. The quantitative estimate of drug-likeness (QED) is 0.210. The number of imidazole rings is 1. The third-order valence-corrected chi connectivity index (χ3v) is 7.92. The minimum absolute atomic E-state index is 0.000784. The summed E-state index contributed by atoms with van der Waals surface area (Å²) in [4.78, 5) is 17.5. The lowest BCUT2D eigenvalue weighted by Crippen LogP contribution is -2.53. The van der Waals surface area contributed by atoms with E-state index >= 15 is 0 Å². The molecule has 0 spiro atoms. The maximum atomic E-state index is 5.99. The Labute approximate surface area is 249 Å². The predicted octanol–water partition coefficient (Wildman–Crippen LogP) is 2.50. The fourth-order valence-corrected chi connectivity index (χ4v) is 5.78. The molecule has 42 heavy (non-hydrogen) atoms. The van der Waals surface area contributed by atoms with Crippen LogP contribution in [0.25, 0.3) is 11.2 Å². The van der Waals surface area contributed by atoms with Gasteiger partial charge in [-0.15, -0.1) is 11.5 Å². The molecule has 12 heteroatoms. The van der Waals surface area contributed by atoms with Crippen LogP contribution >= 0.6 is 12.2 Å². The van der Waals surface area contributed by atoms with Gasteiger partial charge in [-0.05, 0) is 23.3 Å². The van der Waals surface area contributed by atoms with E-state index in [-0.39, 0.29) is 12.1 Å². The second kappa shape index (κ2) is 12.3. The van der Waals surface area contributed by atoms with Gasteiger partial charge in [-0.25, -0.2) is 19.6 Å². The Kier molecular flexibility index (Phi) is 8.02. The van der Waals surface area contributed by atoms with Gasteiger partial charge in [0.1, 0.15) is 17.5 Å². The Morgan fingerprint density at radius 2 is 1.64 bits per heavy atom. The Morgan fingerprint density at radius 3 is 2.33 bits per heavy atom. The van der Waals surface area contributed by atoms with Crippen molar-refractivity contribution in [1.82, 2.24) is 49.6 Å². The maximum absolute atomic E-state index is 5.99. The molecule has 11 nitrogen and oxygen atoms in total. The van der Waals surface area contributed by atoms with Crippen LogP contribution in [0, 0.1) is 12.3 Å². The summed E-state index contributed by atoms with van der Waals surface area (Å²) < 4.78 is 3.89. The van der Waals surface area contributed by atoms with Crippen LogP contribution in [0.4, 0.5) is 5.82 Å². The Bertz CT molecular complexity index is 1680. The van der Waals surface area contributed by atoms with Crippen molar-refractivity contribution in [2.75, 3.05) is 38.5 Å². The van der Waals surface area contributed by atoms with Crippen LogP contribution in [0.5, 0.6) is 0 Å². The van der Waals surface area contributed by atoms with Crippen LogP contribution in [0.3, 0.4) is 0 Å². The van der Waals surface area contributed by atoms with Crippen molar-refractivity contribution in [3.63, 3.8) is 0 Å². The topological polar surface area (TPSA) is 119 Å². The average Bonchev–Trinajstić information content (AvgIpc) is 3.67. The fourth-order valence-electron chi connectivity index (χ4n) is 5.53. The summed E-state index contributed by atoms with van der Waals surface area (Å²) >= 11 is 5.59. The smallest absolute Gasteiger partial charge is 0.169 e. The molecule has 2 atom stereocenters. The van der Waals surface area contributed by atoms with E-state index in [0.29, 0.717) is 35.2 Å². The number of piperazine rings is 1. The van der Waals surface area contributed by atoms with Crippen LogP contribution in [0.2, 0.25) is 0 Å². The van der Waals surface area contributed by atoms with E-state index in [1.165, 1.54) is 11.9 Å². The number of fused-ring (bicyclic) bond motifs is 1. The highest BCUT2D eigenvalue weighted by atomic mass is 32.1. The van der Waals surface area contributed by atoms with Gasteiger partial charge in [-0.1, -0.05) is 71.8 Å². The van der Waals surface area contributed by atoms with Crippen molar-refractivity contribution >= 4 is 34.3 Å². The highest BCUT2D eigenvalue weighted by Crippen LogP contribution is 2.37. The number of hydrogen-bond acceptors (Lipinski definition) is 8. The van der Waals surface area contributed by atoms with Gasteiger partial charge in [-0.3, -0.25) is 4.90 Å². The lowest BCUT2D eigenvalue weighted by molar-refractivity contribution is 0.103. The zero-order valence-corrected chi connectivity index (χ0v) is 23.8. The van der Waals surface area contributed by atoms with Crippen molar-refractivity contribution < 1.29 is 0 Å². The largest absolute Gasteiger partial charge is 0.382 e. The number of hydrogen-bond donors (Lipinski definition) is 2. The summed E-state index contributed by atoms with van der Waals surface area (Å²) in [5.41, 5.74) is 10.4. The Hall–Kier alpha value is -4.86. The molecule has 3 N–H and O–H groups in total. The van der Waals surface area contributed by atoms with Gasteiger partial charge in [0.2, 0.25) is 0 Å². The molecule has 0 unspecified atom stereocenters. The summed E-state index contributed by atoms with van der Waals surface area (Å²) in [7, 11) is 0. The lowest BCUT2D eigenvalue weighted by Gasteiger charge is -2.43. The van der Waals surface area contributed by atoms with Crippen molar-refractivity contribution in [1.29, 1.82) is 0 Å². The fraction of sp³-hybridized carbons (Fsp3) is 0.267. The Morgan fingerprint density at radius 1 is 0.952 bits per heavy atom. The molecular weight excluding hydrogens is 546 g/mol. The standard InChI is InChI=1S/C30H31N11S/c1-2-13-32-30(42)39-16-14-38(15-17-39)26(22-9-5-3-6-10-22)27(23-11-7-4-8-12-23)41-19-24(36-37-41)18-40-21-35-25-28(31)33-20-34-29(25)40/h1,3-12,19-21,26-27H,13-18H2,(H,32,42)(H2,31,33,34)/t26-,27+/m1/s1. The monoisotopic (exact) mass is 577 g/mol. The third-order valence-electron chi connectivity index (χ3n) is 7.52. The van der Waals surface area contributed by atoms with Gasteiger partial charge >= 0.3 is 0 Å². The third kappa shape index (κ3) is 5.65. The van der Waals surface area contributed by atoms with Crippen molar-refractivity contribution in [2.45, 2.75) is 18.6 Å². The number of anilines is 1. The molecule has 3 aromatic heterocycles. The normalized spacial score (nSPS) is 15.3. The van der Waals surface area contributed by atoms with E-state index in [1.807, 2.05) is 27.6 Å². The molecule has 2 aromatic carbocycles. The SMILES string of the molecule is C#CCNC(=S)N1CCN([C@H](c2ccccc2)[C@H](c2ccccc2)n2cc(Cn3cnc4c(N)ncnc43)nn2)CC1. The molecule has 5 aromatic rings. The molecule has 4 heterocycles. The first-order valence-electron chi connectivity index (χ1n) is 13.7. The number of rotatable bonds is 8. The number of aromatic nitrogens is 7. The number of benzene rings is 2. The van der Waals surface area contributed by atoms with E-state index in [0.717, 1.165) is 37.4 Å². The first-order chi connectivity index (χ1) is 20.6. The van der Waals surface area contributed by atoms with E-state index in [4.69, 9.17) is 24.4 Å². The molecule has 0 radical (unpaired) electrons. The first-order valence-corrected chi connectivity index (χ1v) is 14.2.